The van der Waals surface area contributed by atoms with Gasteiger partial charge in [0.05, 0.1) is 11.2 Å². The number of benzene rings is 1. The van der Waals surface area contributed by atoms with Gasteiger partial charge < -0.3 is 15.0 Å². The van der Waals surface area contributed by atoms with Gasteiger partial charge in [0.2, 0.25) is 0 Å². The summed E-state index contributed by atoms with van der Waals surface area (Å²) in [7, 11) is 0. The second-order valence-corrected chi connectivity index (χ2v) is 6.95. The monoisotopic (exact) mass is 331 g/mol. The van der Waals surface area contributed by atoms with E-state index >= 15 is 0 Å². The largest absolute Gasteiger partial charge is 0.458 e. The second-order valence-electron chi connectivity index (χ2n) is 6.95. The minimum atomic E-state index is -0.567. The molecule has 3 rings (SSSR count). The van der Waals surface area contributed by atoms with Crippen LogP contribution in [0.5, 0.6) is 0 Å². The summed E-state index contributed by atoms with van der Waals surface area (Å²) >= 11 is 0. The summed E-state index contributed by atoms with van der Waals surface area (Å²) in [6, 6.07) is 5.98. The number of nitrogens with zero attached hydrogens (tertiary/aromatic N) is 2. The lowest BCUT2D eigenvalue weighted by atomic mass is 10.1. The van der Waals surface area contributed by atoms with Crippen LogP contribution in [0, 0.1) is 5.82 Å². The summed E-state index contributed by atoms with van der Waals surface area (Å²) in [5.74, 6) is -0.657. The Morgan fingerprint density at radius 1 is 1.42 bits per heavy atom. The number of nitrogens with one attached hydrogen (secondary N) is 1. The van der Waals surface area contributed by atoms with E-state index in [0.29, 0.717) is 36.2 Å². The molecule has 0 aliphatic carbocycles. The van der Waals surface area contributed by atoms with Gasteiger partial charge in [-0.3, -0.25) is 4.98 Å². The summed E-state index contributed by atoms with van der Waals surface area (Å²) in [4.78, 5) is 18.9. The molecule has 1 N–H and O–H groups in total. The number of anilines is 1. The van der Waals surface area contributed by atoms with E-state index in [1.165, 1.54) is 12.1 Å². The maximum Gasteiger partial charge on any atom is 0.330 e. The first-order valence-corrected chi connectivity index (χ1v) is 8.10. The van der Waals surface area contributed by atoms with Crippen molar-refractivity contribution in [1.29, 1.82) is 0 Å². The van der Waals surface area contributed by atoms with Gasteiger partial charge in [0.15, 0.2) is 0 Å². The van der Waals surface area contributed by atoms with Gasteiger partial charge in [-0.25, -0.2) is 9.18 Å². The average molecular weight is 331 g/mol. The number of aromatic nitrogens is 1. The van der Waals surface area contributed by atoms with E-state index in [0.717, 1.165) is 0 Å². The van der Waals surface area contributed by atoms with E-state index in [-0.39, 0.29) is 11.8 Å². The molecule has 1 fully saturated rings. The molecule has 2 aromatic rings. The van der Waals surface area contributed by atoms with Crippen LogP contribution in [0.1, 0.15) is 20.8 Å². The van der Waals surface area contributed by atoms with Gasteiger partial charge in [-0.2, -0.15) is 0 Å². The van der Waals surface area contributed by atoms with E-state index < -0.39 is 11.6 Å². The van der Waals surface area contributed by atoms with E-state index in [2.05, 4.69) is 10.3 Å². The highest BCUT2D eigenvalue weighted by Gasteiger charge is 2.33. The number of fused-ring (bicyclic) bond motifs is 1. The Morgan fingerprint density at radius 2 is 2.21 bits per heavy atom. The van der Waals surface area contributed by atoms with E-state index in [1.807, 2.05) is 31.7 Å². The summed E-state index contributed by atoms with van der Waals surface area (Å²) in [6.45, 7) is 7.27. The Bertz CT molecular complexity index is 758. The van der Waals surface area contributed by atoms with Crippen LogP contribution in [-0.2, 0) is 9.53 Å². The zero-order valence-corrected chi connectivity index (χ0v) is 14.2. The Labute approximate surface area is 140 Å². The maximum atomic E-state index is 14.1. The molecule has 1 unspecified atom stereocenters. The van der Waals surface area contributed by atoms with Crippen molar-refractivity contribution in [3.8, 4) is 0 Å². The van der Waals surface area contributed by atoms with Crippen molar-refractivity contribution in [2.75, 3.05) is 24.5 Å². The van der Waals surface area contributed by atoms with Gasteiger partial charge in [-0.1, -0.05) is 6.07 Å². The zero-order chi connectivity index (χ0) is 17.3. The number of halogens is 1. The van der Waals surface area contributed by atoms with Crippen molar-refractivity contribution in [3.05, 3.63) is 36.3 Å². The number of pyridine rings is 1. The van der Waals surface area contributed by atoms with Crippen LogP contribution in [-0.4, -0.2) is 42.2 Å². The molecular weight excluding hydrogens is 309 g/mol. The standard InChI is InChI=1S/C18H22FN3O2/c1-18(2,3)24-17(23)15-11-20-7-8-22(15)14-10-13(19)9-12-5-4-6-21-16(12)14/h4-6,9-10,15,20H,7-8,11H2,1-3H3. The summed E-state index contributed by atoms with van der Waals surface area (Å²) in [5.41, 5.74) is 0.750. The number of carbonyl (C=O) groups excluding carboxylic acids is 1. The van der Waals surface area contributed by atoms with Gasteiger partial charge in [0.25, 0.3) is 0 Å². The highest BCUT2D eigenvalue weighted by Crippen LogP contribution is 2.29. The van der Waals surface area contributed by atoms with E-state index in [9.17, 15) is 9.18 Å². The molecule has 0 spiro atoms. The third-order valence-corrected chi connectivity index (χ3v) is 3.88. The molecule has 0 radical (unpaired) electrons. The predicted octanol–water partition coefficient (Wildman–Crippen LogP) is 2.49. The van der Waals surface area contributed by atoms with Crippen LogP contribution in [0.2, 0.25) is 0 Å². The summed E-state index contributed by atoms with van der Waals surface area (Å²) in [6.07, 6.45) is 1.68. The van der Waals surface area contributed by atoms with Crippen molar-refractivity contribution in [2.24, 2.45) is 0 Å². The van der Waals surface area contributed by atoms with E-state index in [4.69, 9.17) is 4.74 Å². The molecule has 128 valence electrons. The highest BCUT2D eigenvalue weighted by molar-refractivity contribution is 5.93. The Morgan fingerprint density at radius 3 is 2.96 bits per heavy atom. The van der Waals surface area contributed by atoms with Gasteiger partial charge in [0, 0.05) is 31.2 Å². The third-order valence-electron chi connectivity index (χ3n) is 3.88. The number of piperazine rings is 1. The number of carbonyl (C=O) groups is 1. The Hall–Kier alpha value is -2.21. The van der Waals surface area contributed by atoms with Crippen LogP contribution in [0.4, 0.5) is 10.1 Å². The number of rotatable bonds is 2. The topological polar surface area (TPSA) is 54.5 Å². The second kappa shape index (κ2) is 6.36. The van der Waals surface area contributed by atoms with Crippen LogP contribution in [0.25, 0.3) is 10.9 Å². The minimum absolute atomic E-state index is 0.317. The maximum absolute atomic E-state index is 14.1. The first-order valence-electron chi connectivity index (χ1n) is 8.10. The Kier molecular flexibility index (Phi) is 4.41. The number of hydrogen-bond acceptors (Lipinski definition) is 5. The highest BCUT2D eigenvalue weighted by atomic mass is 19.1. The van der Waals surface area contributed by atoms with E-state index in [1.54, 1.807) is 12.3 Å². The van der Waals surface area contributed by atoms with Gasteiger partial charge in [-0.05, 0) is 39.0 Å². The first-order chi connectivity index (χ1) is 11.3. The van der Waals surface area contributed by atoms with Crippen LogP contribution < -0.4 is 10.2 Å². The van der Waals surface area contributed by atoms with Crippen molar-refractivity contribution in [2.45, 2.75) is 32.4 Å². The van der Waals surface area contributed by atoms with Gasteiger partial charge in [-0.15, -0.1) is 0 Å². The molecule has 24 heavy (non-hydrogen) atoms. The smallest absolute Gasteiger partial charge is 0.330 e. The van der Waals surface area contributed by atoms with Crippen LogP contribution in [0.15, 0.2) is 30.5 Å². The van der Waals surface area contributed by atoms with Crippen molar-refractivity contribution < 1.29 is 13.9 Å². The fraction of sp³-hybridized carbons (Fsp3) is 0.444. The van der Waals surface area contributed by atoms with Crippen LogP contribution in [0.3, 0.4) is 0 Å². The third kappa shape index (κ3) is 3.48. The molecule has 1 atom stereocenters. The summed E-state index contributed by atoms with van der Waals surface area (Å²) < 4.78 is 19.6. The molecule has 1 aromatic carbocycles. The molecule has 0 bridgehead atoms. The summed E-state index contributed by atoms with van der Waals surface area (Å²) in [5, 5.41) is 3.92. The Balaban J connectivity index is 2.01. The van der Waals surface area contributed by atoms with Crippen molar-refractivity contribution in [3.63, 3.8) is 0 Å². The normalized spacial score (nSPS) is 18.7. The van der Waals surface area contributed by atoms with Crippen molar-refractivity contribution in [1.82, 2.24) is 10.3 Å². The van der Waals surface area contributed by atoms with Gasteiger partial charge in [0.1, 0.15) is 17.5 Å². The molecule has 1 aliphatic rings. The molecule has 0 saturated carbocycles. The molecule has 6 heteroatoms. The lowest BCUT2D eigenvalue weighted by Gasteiger charge is -2.38. The van der Waals surface area contributed by atoms with Gasteiger partial charge >= 0.3 is 5.97 Å². The first kappa shape index (κ1) is 16.6. The number of esters is 1. The fourth-order valence-electron chi connectivity index (χ4n) is 2.93. The van der Waals surface area contributed by atoms with Crippen LogP contribution >= 0.6 is 0 Å². The molecule has 1 saturated heterocycles. The fourth-order valence-corrected chi connectivity index (χ4v) is 2.93. The minimum Gasteiger partial charge on any atom is -0.458 e. The molecule has 5 nitrogen and oxygen atoms in total. The SMILES string of the molecule is CC(C)(C)OC(=O)C1CNCCN1c1cc(F)cc2cccnc12. The molecule has 1 aromatic heterocycles. The molecule has 0 amide bonds. The molecular formula is C18H22FN3O2. The molecule has 1 aliphatic heterocycles. The quantitative estimate of drug-likeness (QED) is 0.857. The lowest BCUT2D eigenvalue weighted by molar-refractivity contribution is -0.156. The lowest BCUT2D eigenvalue weighted by Crippen LogP contribution is -2.56. The number of hydrogen-bond donors (Lipinski definition) is 1. The zero-order valence-electron chi connectivity index (χ0n) is 14.2. The average Bonchev–Trinajstić information content (AvgIpc) is 2.52. The predicted molar refractivity (Wildman–Crippen MR) is 91.5 cm³/mol. The number of ether oxygens (including phenoxy) is 1. The van der Waals surface area contributed by atoms with Crippen molar-refractivity contribution >= 4 is 22.6 Å². The molecule has 2 heterocycles.